The van der Waals surface area contributed by atoms with E-state index in [4.69, 9.17) is 4.74 Å². The van der Waals surface area contributed by atoms with Gasteiger partial charge in [0.2, 0.25) is 0 Å². The number of carbonyl (C=O) groups excluding carboxylic acids is 1. The van der Waals surface area contributed by atoms with E-state index in [0.29, 0.717) is 6.42 Å². The van der Waals surface area contributed by atoms with Crippen LogP contribution in [0.1, 0.15) is 12.8 Å². The maximum absolute atomic E-state index is 11.2. The molecule has 3 nitrogen and oxygen atoms in total. The summed E-state index contributed by atoms with van der Waals surface area (Å²) in [5, 5.41) is 3.06. The summed E-state index contributed by atoms with van der Waals surface area (Å²) in [7, 11) is 0. The van der Waals surface area contributed by atoms with Crippen molar-refractivity contribution in [2.24, 2.45) is 0 Å². The van der Waals surface area contributed by atoms with Gasteiger partial charge in [-0.15, -0.1) is 0 Å². The minimum atomic E-state index is -0.391. The van der Waals surface area contributed by atoms with E-state index in [1.54, 1.807) is 0 Å². The first-order chi connectivity index (χ1) is 4.83. The molecule has 0 saturated carbocycles. The Hall–Kier alpha value is -0.410. The van der Waals surface area contributed by atoms with Crippen molar-refractivity contribution in [2.45, 2.75) is 18.4 Å². The zero-order chi connectivity index (χ0) is 7.03. The van der Waals surface area contributed by atoms with Crippen LogP contribution in [0, 0.1) is 0 Å². The van der Waals surface area contributed by atoms with Gasteiger partial charge in [0.15, 0.2) is 11.4 Å². The van der Waals surface area contributed by atoms with Crippen LogP contribution in [0.5, 0.6) is 0 Å². The van der Waals surface area contributed by atoms with E-state index in [0.717, 1.165) is 26.1 Å². The highest BCUT2D eigenvalue weighted by Crippen LogP contribution is 2.24. The molecule has 2 saturated heterocycles. The highest BCUT2D eigenvalue weighted by Gasteiger charge is 2.46. The lowest BCUT2D eigenvalue weighted by molar-refractivity contribution is -0.160. The Bertz CT molecular complexity index is 163. The number of rotatable bonds is 0. The number of ether oxygens (including phenoxy) is 1. The number of hydrogen-bond acceptors (Lipinski definition) is 3. The quantitative estimate of drug-likeness (QED) is 0.503. The Labute approximate surface area is 59.7 Å². The molecule has 0 aromatic heterocycles. The number of hydrogen-bond donors (Lipinski definition) is 1. The van der Waals surface area contributed by atoms with Crippen LogP contribution in [-0.4, -0.2) is 31.1 Å². The molecular formula is C7H11NO2. The van der Waals surface area contributed by atoms with Crippen LogP contribution < -0.4 is 5.32 Å². The van der Waals surface area contributed by atoms with Gasteiger partial charge in [0.1, 0.15) is 0 Å². The van der Waals surface area contributed by atoms with Gasteiger partial charge in [0.05, 0.1) is 0 Å². The zero-order valence-electron chi connectivity index (χ0n) is 5.85. The molecule has 1 N–H and O–H groups in total. The van der Waals surface area contributed by atoms with Crippen LogP contribution in [0.2, 0.25) is 0 Å². The van der Waals surface area contributed by atoms with Crippen LogP contribution in [0.4, 0.5) is 0 Å². The van der Waals surface area contributed by atoms with Crippen LogP contribution in [-0.2, 0) is 9.53 Å². The third kappa shape index (κ3) is 0.707. The van der Waals surface area contributed by atoms with Gasteiger partial charge in [0.25, 0.3) is 0 Å². The SMILES string of the molecule is O=C1CCCOC12CNC2. The summed E-state index contributed by atoms with van der Waals surface area (Å²) >= 11 is 0. The number of carbonyl (C=O) groups is 1. The number of ketones is 1. The van der Waals surface area contributed by atoms with Crippen molar-refractivity contribution in [1.29, 1.82) is 0 Å². The predicted octanol–water partition coefficient (Wildman–Crippen LogP) is -0.292. The van der Waals surface area contributed by atoms with E-state index in [-0.39, 0.29) is 5.78 Å². The smallest absolute Gasteiger partial charge is 0.167 e. The molecule has 0 radical (unpaired) electrons. The Morgan fingerprint density at radius 3 is 2.70 bits per heavy atom. The van der Waals surface area contributed by atoms with Crippen molar-refractivity contribution in [2.75, 3.05) is 19.7 Å². The Kier molecular flexibility index (Phi) is 1.28. The van der Waals surface area contributed by atoms with Gasteiger partial charge < -0.3 is 10.1 Å². The maximum Gasteiger partial charge on any atom is 0.167 e. The molecule has 0 atom stereocenters. The molecule has 1 spiro atoms. The molecule has 2 aliphatic heterocycles. The molecule has 3 heteroatoms. The summed E-state index contributed by atoms with van der Waals surface area (Å²) in [6, 6.07) is 0. The molecule has 0 aromatic carbocycles. The summed E-state index contributed by atoms with van der Waals surface area (Å²) < 4.78 is 5.40. The van der Waals surface area contributed by atoms with Crippen molar-refractivity contribution >= 4 is 5.78 Å². The largest absolute Gasteiger partial charge is 0.364 e. The standard InChI is InChI=1S/C7H11NO2/c9-6-2-1-3-10-7(6)4-8-5-7/h8H,1-5H2. The summed E-state index contributed by atoms with van der Waals surface area (Å²) in [5.41, 5.74) is -0.391. The van der Waals surface area contributed by atoms with Crippen LogP contribution in [0.15, 0.2) is 0 Å². The second kappa shape index (κ2) is 2.04. The molecule has 2 rings (SSSR count). The normalized spacial score (nSPS) is 30.2. The first kappa shape index (κ1) is 6.31. The third-order valence-electron chi connectivity index (χ3n) is 2.26. The monoisotopic (exact) mass is 141 g/mol. The molecule has 0 bridgehead atoms. The topological polar surface area (TPSA) is 38.3 Å². The first-order valence-electron chi connectivity index (χ1n) is 3.71. The summed E-state index contributed by atoms with van der Waals surface area (Å²) in [4.78, 5) is 11.2. The minimum absolute atomic E-state index is 0.289. The van der Waals surface area contributed by atoms with Gasteiger partial charge >= 0.3 is 0 Å². The van der Waals surface area contributed by atoms with Gasteiger partial charge in [-0.25, -0.2) is 0 Å². The van der Waals surface area contributed by atoms with E-state index in [9.17, 15) is 4.79 Å². The van der Waals surface area contributed by atoms with E-state index in [1.165, 1.54) is 0 Å². The van der Waals surface area contributed by atoms with Gasteiger partial charge in [-0.2, -0.15) is 0 Å². The van der Waals surface area contributed by atoms with Crippen LogP contribution >= 0.6 is 0 Å². The molecule has 56 valence electrons. The molecule has 0 amide bonds. The van der Waals surface area contributed by atoms with E-state index < -0.39 is 5.60 Å². The Morgan fingerprint density at radius 1 is 1.50 bits per heavy atom. The van der Waals surface area contributed by atoms with Gasteiger partial charge in [-0.3, -0.25) is 4.79 Å². The number of nitrogens with one attached hydrogen (secondary N) is 1. The van der Waals surface area contributed by atoms with Crippen LogP contribution in [0.3, 0.4) is 0 Å². The van der Waals surface area contributed by atoms with Gasteiger partial charge in [-0.05, 0) is 6.42 Å². The average molecular weight is 141 g/mol. The minimum Gasteiger partial charge on any atom is -0.364 e. The average Bonchev–Trinajstić information content (AvgIpc) is 1.85. The number of Topliss-reactive ketones (excluding diaryl/α,β-unsaturated/α-hetero) is 1. The van der Waals surface area contributed by atoms with Crippen molar-refractivity contribution in [3.8, 4) is 0 Å². The van der Waals surface area contributed by atoms with Crippen molar-refractivity contribution < 1.29 is 9.53 Å². The second-order valence-electron chi connectivity index (χ2n) is 2.97. The summed E-state index contributed by atoms with van der Waals surface area (Å²) in [5.74, 6) is 0.289. The Balaban J connectivity index is 2.10. The lowest BCUT2D eigenvalue weighted by atomic mass is 9.87. The maximum atomic E-state index is 11.2. The Morgan fingerprint density at radius 2 is 2.30 bits per heavy atom. The highest BCUT2D eigenvalue weighted by atomic mass is 16.5. The zero-order valence-corrected chi connectivity index (χ0v) is 5.85. The van der Waals surface area contributed by atoms with Crippen LogP contribution in [0.25, 0.3) is 0 Å². The molecular weight excluding hydrogens is 130 g/mol. The van der Waals surface area contributed by atoms with Gasteiger partial charge in [0, 0.05) is 26.1 Å². The predicted molar refractivity (Wildman–Crippen MR) is 35.8 cm³/mol. The third-order valence-corrected chi connectivity index (χ3v) is 2.26. The lowest BCUT2D eigenvalue weighted by Crippen LogP contribution is -2.67. The van der Waals surface area contributed by atoms with Crippen molar-refractivity contribution in [1.82, 2.24) is 5.32 Å². The van der Waals surface area contributed by atoms with E-state index >= 15 is 0 Å². The molecule has 0 unspecified atom stereocenters. The molecule has 2 aliphatic rings. The molecule has 0 aliphatic carbocycles. The van der Waals surface area contributed by atoms with Gasteiger partial charge in [-0.1, -0.05) is 0 Å². The molecule has 2 heterocycles. The summed E-state index contributed by atoms with van der Waals surface area (Å²) in [6.45, 7) is 2.21. The van der Waals surface area contributed by atoms with Crippen molar-refractivity contribution in [3.05, 3.63) is 0 Å². The molecule has 0 aromatic rings. The molecule has 10 heavy (non-hydrogen) atoms. The fraction of sp³-hybridized carbons (Fsp3) is 0.857. The summed E-state index contributed by atoms with van der Waals surface area (Å²) in [6.07, 6.45) is 1.61. The lowest BCUT2D eigenvalue weighted by Gasteiger charge is -2.43. The van der Waals surface area contributed by atoms with E-state index in [1.807, 2.05) is 0 Å². The van der Waals surface area contributed by atoms with E-state index in [2.05, 4.69) is 5.32 Å². The van der Waals surface area contributed by atoms with Crippen molar-refractivity contribution in [3.63, 3.8) is 0 Å². The molecule has 2 fully saturated rings. The second-order valence-corrected chi connectivity index (χ2v) is 2.97. The first-order valence-corrected chi connectivity index (χ1v) is 3.71. The fourth-order valence-electron chi connectivity index (χ4n) is 1.46. The highest BCUT2D eigenvalue weighted by molar-refractivity contribution is 5.89. The fourth-order valence-corrected chi connectivity index (χ4v) is 1.46.